The summed E-state index contributed by atoms with van der Waals surface area (Å²) in [6.45, 7) is 3.27. The molecule has 1 saturated heterocycles. The van der Waals surface area contributed by atoms with E-state index in [0.29, 0.717) is 6.42 Å². The number of nitrogens with one attached hydrogen (secondary N) is 1. The number of carbonyl (C=O) groups excluding carboxylic acids is 1. The first kappa shape index (κ1) is 14.5. The average Bonchev–Trinajstić information content (AvgIpc) is 2.61. The number of urea groups is 1. The fourth-order valence-corrected chi connectivity index (χ4v) is 3.73. The Morgan fingerprint density at radius 3 is 2.84 bits per heavy atom. The van der Waals surface area contributed by atoms with E-state index in [-0.39, 0.29) is 12.1 Å². The van der Waals surface area contributed by atoms with E-state index in [9.17, 15) is 14.7 Å². The van der Waals surface area contributed by atoms with Crippen LogP contribution in [0.2, 0.25) is 0 Å². The lowest BCUT2D eigenvalue weighted by molar-refractivity contribution is -0.148. The van der Waals surface area contributed by atoms with Crippen LogP contribution in [0.25, 0.3) is 0 Å². The van der Waals surface area contributed by atoms with Gasteiger partial charge in [0.2, 0.25) is 0 Å². The molecule has 1 saturated carbocycles. The Morgan fingerprint density at radius 1 is 1.32 bits per heavy atom. The molecule has 0 aromatic rings. The second-order valence-electron chi connectivity index (χ2n) is 5.57. The molecule has 2 rings (SSSR count). The molecule has 0 aromatic heterocycles. The Kier molecular flexibility index (Phi) is 4.60. The maximum absolute atomic E-state index is 12.2. The van der Waals surface area contributed by atoms with E-state index in [1.165, 1.54) is 0 Å². The highest BCUT2D eigenvalue weighted by Crippen LogP contribution is 2.38. The monoisotopic (exact) mass is 286 g/mol. The lowest BCUT2D eigenvalue weighted by atomic mass is 9.85. The zero-order chi connectivity index (χ0) is 13.9. The first-order valence-corrected chi connectivity index (χ1v) is 8.06. The maximum atomic E-state index is 12.2. The van der Waals surface area contributed by atoms with Crippen molar-refractivity contribution >= 4 is 23.8 Å². The van der Waals surface area contributed by atoms with Crippen LogP contribution in [0.15, 0.2) is 0 Å². The van der Waals surface area contributed by atoms with Crippen molar-refractivity contribution in [2.24, 2.45) is 5.41 Å². The molecule has 19 heavy (non-hydrogen) atoms. The third kappa shape index (κ3) is 3.16. The number of aliphatic carboxylic acids is 1. The number of carboxylic acid groups (broad SMARTS) is 1. The van der Waals surface area contributed by atoms with Gasteiger partial charge in [-0.3, -0.25) is 4.79 Å². The van der Waals surface area contributed by atoms with Gasteiger partial charge in [0.25, 0.3) is 0 Å². The van der Waals surface area contributed by atoms with Gasteiger partial charge in [0.15, 0.2) is 0 Å². The number of thioether (sulfide) groups is 1. The molecular formula is C13H22N2O3S. The minimum Gasteiger partial charge on any atom is -0.481 e. The number of hydrogen-bond acceptors (Lipinski definition) is 3. The van der Waals surface area contributed by atoms with Crippen molar-refractivity contribution in [1.82, 2.24) is 10.2 Å². The summed E-state index contributed by atoms with van der Waals surface area (Å²) in [6.07, 6.45) is 3.28. The van der Waals surface area contributed by atoms with E-state index >= 15 is 0 Å². The molecule has 1 aliphatic carbocycles. The topological polar surface area (TPSA) is 69.6 Å². The third-order valence-electron chi connectivity index (χ3n) is 4.25. The summed E-state index contributed by atoms with van der Waals surface area (Å²) in [7, 11) is 0. The largest absolute Gasteiger partial charge is 0.481 e. The van der Waals surface area contributed by atoms with Crippen molar-refractivity contribution in [3.63, 3.8) is 0 Å². The Morgan fingerprint density at radius 2 is 2.11 bits per heavy atom. The SMILES string of the molecule is CC1(C(=O)O)CCCC1NC(=O)N1CCCSCC1. The maximum Gasteiger partial charge on any atom is 0.317 e. The Labute approximate surface area is 118 Å². The summed E-state index contributed by atoms with van der Waals surface area (Å²) in [5.74, 6) is 1.26. The molecule has 6 heteroatoms. The molecule has 2 amide bonds. The molecule has 5 nitrogen and oxygen atoms in total. The number of carboxylic acids is 1. The summed E-state index contributed by atoms with van der Waals surface area (Å²) in [5, 5.41) is 12.3. The fourth-order valence-electron chi connectivity index (χ4n) is 2.84. The summed E-state index contributed by atoms with van der Waals surface area (Å²) < 4.78 is 0. The van der Waals surface area contributed by atoms with E-state index in [1.54, 1.807) is 6.92 Å². The van der Waals surface area contributed by atoms with Crippen LogP contribution >= 0.6 is 11.8 Å². The van der Waals surface area contributed by atoms with Gasteiger partial charge in [0, 0.05) is 24.9 Å². The van der Waals surface area contributed by atoms with Crippen LogP contribution in [-0.4, -0.2) is 52.6 Å². The van der Waals surface area contributed by atoms with Gasteiger partial charge in [-0.2, -0.15) is 11.8 Å². The van der Waals surface area contributed by atoms with Crippen LogP contribution in [0, 0.1) is 5.41 Å². The molecule has 0 radical (unpaired) electrons. The molecule has 2 atom stereocenters. The Bertz CT molecular complexity index is 356. The molecular weight excluding hydrogens is 264 g/mol. The van der Waals surface area contributed by atoms with Crippen molar-refractivity contribution in [1.29, 1.82) is 0 Å². The molecule has 1 aliphatic heterocycles. The second-order valence-corrected chi connectivity index (χ2v) is 6.79. The van der Waals surface area contributed by atoms with Crippen LogP contribution in [0.4, 0.5) is 4.79 Å². The van der Waals surface area contributed by atoms with Crippen LogP contribution in [0.1, 0.15) is 32.6 Å². The summed E-state index contributed by atoms with van der Waals surface area (Å²) >= 11 is 1.87. The molecule has 2 aliphatic rings. The van der Waals surface area contributed by atoms with Gasteiger partial charge >= 0.3 is 12.0 Å². The van der Waals surface area contributed by atoms with Crippen molar-refractivity contribution in [3.8, 4) is 0 Å². The van der Waals surface area contributed by atoms with Gasteiger partial charge in [-0.1, -0.05) is 6.42 Å². The normalized spacial score (nSPS) is 31.8. The van der Waals surface area contributed by atoms with Gasteiger partial charge in [-0.15, -0.1) is 0 Å². The van der Waals surface area contributed by atoms with Crippen molar-refractivity contribution in [3.05, 3.63) is 0 Å². The minimum atomic E-state index is -0.809. The smallest absolute Gasteiger partial charge is 0.317 e. The fraction of sp³-hybridized carbons (Fsp3) is 0.846. The highest BCUT2D eigenvalue weighted by Gasteiger charge is 2.46. The molecule has 0 spiro atoms. The van der Waals surface area contributed by atoms with Gasteiger partial charge in [-0.25, -0.2) is 4.79 Å². The number of nitrogens with zero attached hydrogens (tertiary/aromatic N) is 1. The zero-order valence-corrected chi connectivity index (χ0v) is 12.2. The predicted molar refractivity (Wildman–Crippen MR) is 75.4 cm³/mol. The summed E-state index contributed by atoms with van der Waals surface area (Å²) in [4.78, 5) is 25.4. The Hall–Kier alpha value is -0.910. The molecule has 1 heterocycles. The molecule has 2 fully saturated rings. The summed E-state index contributed by atoms with van der Waals surface area (Å²) in [6, 6.07) is -0.338. The van der Waals surface area contributed by atoms with E-state index in [0.717, 1.165) is 43.9 Å². The second kappa shape index (κ2) is 6.03. The van der Waals surface area contributed by atoms with Crippen LogP contribution < -0.4 is 5.32 Å². The van der Waals surface area contributed by atoms with Gasteiger partial charge in [-0.05, 0) is 31.9 Å². The molecule has 0 aromatic carbocycles. The number of hydrogen-bond donors (Lipinski definition) is 2. The van der Waals surface area contributed by atoms with Crippen molar-refractivity contribution in [2.45, 2.75) is 38.6 Å². The highest BCUT2D eigenvalue weighted by atomic mass is 32.2. The first-order chi connectivity index (χ1) is 9.04. The Balaban J connectivity index is 1.96. The minimum absolute atomic E-state index is 0.0955. The number of rotatable bonds is 2. The van der Waals surface area contributed by atoms with E-state index in [4.69, 9.17) is 0 Å². The standard InChI is InChI=1S/C13H22N2O3S/c1-13(11(16)17)5-2-4-10(13)14-12(18)15-6-3-8-19-9-7-15/h10H,2-9H2,1H3,(H,14,18)(H,16,17). The number of carbonyl (C=O) groups is 2. The molecule has 0 bridgehead atoms. The lowest BCUT2D eigenvalue weighted by Crippen LogP contribution is -2.51. The third-order valence-corrected chi connectivity index (χ3v) is 5.30. The molecule has 108 valence electrons. The lowest BCUT2D eigenvalue weighted by Gasteiger charge is -2.30. The highest BCUT2D eigenvalue weighted by molar-refractivity contribution is 7.99. The number of amides is 2. The van der Waals surface area contributed by atoms with Gasteiger partial charge < -0.3 is 15.3 Å². The average molecular weight is 286 g/mol. The molecule has 2 N–H and O–H groups in total. The van der Waals surface area contributed by atoms with Crippen molar-refractivity contribution < 1.29 is 14.7 Å². The van der Waals surface area contributed by atoms with Crippen LogP contribution in [-0.2, 0) is 4.79 Å². The van der Waals surface area contributed by atoms with E-state index in [2.05, 4.69) is 5.32 Å². The quantitative estimate of drug-likeness (QED) is 0.812. The van der Waals surface area contributed by atoms with Gasteiger partial charge in [0.1, 0.15) is 0 Å². The zero-order valence-electron chi connectivity index (χ0n) is 11.4. The van der Waals surface area contributed by atoms with E-state index < -0.39 is 11.4 Å². The molecule has 2 unspecified atom stereocenters. The predicted octanol–water partition coefficient (Wildman–Crippen LogP) is 1.78. The van der Waals surface area contributed by atoms with Crippen LogP contribution in [0.3, 0.4) is 0 Å². The first-order valence-electron chi connectivity index (χ1n) is 6.90. The van der Waals surface area contributed by atoms with Crippen molar-refractivity contribution in [2.75, 3.05) is 24.6 Å². The summed E-state index contributed by atoms with van der Waals surface area (Å²) in [5.41, 5.74) is -0.809. The van der Waals surface area contributed by atoms with Gasteiger partial charge in [0.05, 0.1) is 5.41 Å². The van der Waals surface area contributed by atoms with E-state index in [1.807, 2.05) is 16.7 Å². The van der Waals surface area contributed by atoms with Crippen LogP contribution in [0.5, 0.6) is 0 Å².